The standard InChI is InChI=1S/C15H20N4O2/c1-2-6-11-13(16)14(19-18-11)15(21)17-12(9-20)10-7-4-3-5-8-10/h3-5,7-8,12,20H,2,6,9,16H2,1H3,(H,17,21)(H,18,19). The van der Waals surface area contributed by atoms with Gasteiger partial charge in [-0.25, -0.2) is 0 Å². The highest BCUT2D eigenvalue weighted by Crippen LogP contribution is 2.18. The zero-order valence-corrected chi connectivity index (χ0v) is 12.0. The molecule has 0 aliphatic carbocycles. The maximum absolute atomic E-state index is 12.2. The molecule has 5 N–H and O–H groups in total. The number of hydrogen-bond donors (Lipinski definition) is 4. The van der Waals surface area contributed by atoms with Crippen LogP contribution in [0.1, 0.15) is 41.1 Å². The zero-order valence-electron chi connectivity index (χ0n) is 12.0. The summed E-state index contributed by atoms with van der Waals surface area (Å²) in [6.07, 6.45) is 1.66. The van der Waals surface area contributed by atoms with Gasteiger partial charge in [-0.3, -0.25) is 9.89 Å². The molecule has 112 valence electrons. The van der Waals surface area contributed by atoms with Crippen LogP contribution in [0.5, 0.6) is 0 Å². The Labute approximate surface area is 123 Å². The molecule has 1 atom stereocenters. The number of rotatable bonds is 6. The van der Waals surface area contributed by atoms with E-state index in [1.807, 2.05) is 37.3 Å². The summed E-state index contributed by atoms with van der Waals surface area (Å²) in [5, 5.41) is 19.0. The molecule has 0 aliphatic rings. The first kappa shape index (κ1) is 15.1. The highest BCUT2D eigenvalue weighted by atomic mass is 16.3. The molecule has 2 rings (SSSR count). The van der Waals surface area contributed by atoms with Crippen molar-refractivity contribution in [3.8, 4) is 0 Å². The predicted octanol–water partition coefficient (Wildman–Crippen LogP) is 1.41. The van der Waals surface area contributed by atoms with E-state index in [9.17, 15) is 9.90 Å². The molecule has 0 saturated carbocycles. The second-order valence-corrected chi connectivity index (χ2v) is 4.83. The Kier molecular flexibility index (Phi) is 4.94. The minimum atomic E-state index is -0.482. The highest BCUT2D eigenvalue weighted by Gasteiger charge is 2.20. The van der Waals surface area contributed by atoms with Gasteiger partial charge in [-0.05, 0) is 12.0 Å². The number of aryl methyl sites for hydroxylation is 1. The summed E-state index contributed by atoms with van der Waals surface area (Å²) in [6.45, 7) is 1.83. The number of nitrogens with two attached hydrogens (primary N) is 1. The maximum Gasteiger partial charge on any atom is 0.274 e. The van der Waals surface area contributed by atoms with E-state index in [1.165, 1.54) is 0 Å². The third-order valence-corrected chi connectivity index (χ3v) is 3.29. The van der Waals surface area contributed by atoms with Gasteiger partial charge in [0.2, 0.25) is 0 Å². The summed E-state index contributed by atoms with van der Waals surface area (Å²) in [4.78, 5) is 12.2. The molecule has 6 nitrogen and oxygen atoms in total. The molecule has 6 heteroatoms. The van der Waals surface area contributed by atoms with Gasteiger partial charge < -0.3 is 16.2 Å². The van der Waals surface area contributed by atoms with Gasteiger partial charge in [-0.15, -0.1) is 0 Å². The van der Waals surface area contributed by atoms with E-state index in [0.717, 1.165) is 24.1 Å². The van der Waals surface area contributed by atoms with Gasteiger partial charge in [0.15, 0.2) is 5.69 Å². The lowest BCUT2D eigenvalue weighted by Gasteiger charge is -2.16. The molecular formula is C15H20N4O2. The van der Waals surface area contributed by atoms with Gasteiger partial charge in [-0.2, -0.15) is 5.10 Å². The highest BCUT2D eigenvalue weighted by molar-refractivity contribution is 5.97. The normalized spacial score (nSPS) is 12.1. The van der Waals surface area contributed by atoms with Crippen molar-refractivity contribution in [2.45, 2.75) is 25.8 Å². The molecule has 1 unspecified atom stereocenters. The SMILES string of the molecule is CCCc1[nH]nc(C(=O)NC(CO)c2ccccc2)c1N. The monoisotopic (exact) mass is 288 g/mol. The Bertz CT molecular complexity index is 595. The van der Waals surface area contributed by atoms with Gasteiger partial charge in [0.25, 0.3) is 5.91 Å². The quantitative estimate of drug-likeness (QED) is 0.645. The Morgan fingerprint density at radius 3 is 2.76 bits per heavy atom. The number of carbonyl (C=O) groups excluding carboxylic acids is 1. The summed E-state index contributed by atoms with van der Waals surface area (Å²) >= 11 is 0. The van der Waals surface area contributed by atoms with Crippen molar-refractivity contribution in [1.82, 2.24) is 15.5 Å². The number of aromatic nitrogens is 2. The van der Waals surface area contributed by atoms with Crippen LogP contribution in [-0.4, -0.2) is 27.8 Å². The van der Waals surface area contributed by atoms with Crippen molar-refractivity contribution in [3.63, 3.8) is 0 Å². The fourth-order valence-electron chi connectivity index (χ4n) is 2.15. The lowest BCUT2D eigenvalue weighted by molar-refractivity contribution is 0.0912. The fourth-order valence-corrected chi connectivity index (χ4v) is 2.15. The lowest BCUT2D eigenvalue weighted by Crippen LogP contribution is -2.31. The molecule has 0 radical (unpaired) electrons. The molecule has 21 heavy (non-hydrogen) atoms. The van der Waals surface area contributed by atoms with Crippen LogP contribution in [-0.2, 0) is 6.42 Å². The van der Waals surface area contributed by atoms with E-state index in [-0.39, 0.29) is 12.3 Å². The van der Waals surface area contributed by atoms with Crippen molar-refractivity contribution < 1.29 is 9.90 Å². The average Bonchev–Trinajstić information content (AvgIpc) is 2.87. The topological polar surface area (TPSA) is 104 Å². The van der Waals surface area contributed by atoms with E-state index < -0.39 is 11.9 Å². The fraction of sp³-hybridized carbons (Fsp3) is 0.333. The number of carbonyl (C=O) groups is 1. The second-order valence-electron chi connectivity index (χ2n) is 4.83. The largest absolute Gasteiger partial charge is 0.395 e. The van der Waals surface area contributed by atoms with Crippen LogP contribution in [0.3, 0.4) is 0 Å². The first-order valence-electron chi connectivity index (χ1n) is 6.96. The number of nitrogens with zero attached hydrogens (tertiary/aromatic N) is 1. The van der Waals surface area contributed by atoms with Crippen molar-refractivity contribution in [2.75, 3.05) is 12.3 Å². The van der Waals surface area contributed by atoms with Crippen LogP contribution in [0.2, 0.25) is 0 Å². The van der Waals surface area contributed by atoms with Crippen LogP contribution in [0.25, 0.3) is 0 Å². The Morgan fingerprint density at radius 1 is 1.43 bits per heavy atom. The number of H-pyrrole nitrogens is 1. The zero-order chi connectivity index (χ0) is 15.2. The molecule has 1 aromatic heterocycles. The minimum absolute atomic E-state index is 0.174. The summed E-state index contributed by atoms with van der Waals surface area (Å²) in [6, 6.07) is 8.79. The first-order valence-corrected chi connectivity index (χ1v) is 6.96. The average molecular weight is 288 g/mol. The van der Waals surface area contributed by atoms with E-state index in [0.29, 0.717) is 5.69 Å². The van der Waals surface area contributed by atoms with Crippen molar-refractivity contribution >= 4 is 11.6 Å². The number of amides is 1. The maximum atomic E-state index is 12.2. The van der Waals surface area contributed by atoms with Crippen LogP contribution < -0.4 is 11.1 Å². The van der Waals surface area contributed by atoms with Crippen LogP contribution in [0.15, 0.2) is 30.3 Å². The van der Waals surface area contributed by atoms with Gasteiger partial charge in [0.05, 0.1) is 24.0 Å². The van der Waals surface area contributed by atoms with Crippen molar-refractivity contribution in [3.05, 3.63) is 47.3 Å². The summed E-state index contributed by atoms with van der Waals surface area (Å²) in [7, 11) is 0. The molecule has 0 aliphatic heterocycles. The molecular weight excluding hydrogens is 268 g/mol. The number of nitrogen functional groups attached to an aromatic ring is 1. The van der Waals surface area contributed by atoms with E-state index >= 15 is 0 Å². The van der Waals surface area contributed by atoms with Gasteiger partial charge >= 0.3 is 0 Å². The molecule has 1 aromatic carbocycles. The molecule has 0 saturated heterocycles. The van der Waals surface area contributed by atoms with Crippen molar-refractivity contribution in [2.24, 2.45) is 0 Å². The summed E-state index contributed by atoms with van der Waals surface area (Å²) in [5.41, 5.74) is 8.07. The molecule has 1 heterocycles. The van der Waals surface area contributed by atoms with E-state index in [2.05, 4.69) is 15.5 Å². The van der Waals surface area contributed by atoms with E-state index in [1.54, 1.807) is 0 Å². The number of anilines is 1. The summed E-state index contributed by atoms with van der Waals surface area (Å²) < 4.78 is 0. The van der Waals surface area contributed by atoms with Gasteiger partial charge in [0.1, 0.15) is 0 Å². The second kappa shape index (κ2) is 6.90. The minimum Gasteiger partial charge on any atom is -0.395 e. The smallest absolute Gasteiger partial charge is 0.274 e. The molecule has 2 aromatic rings. The Hall–Kier alpha value is -2.34. The van der Waals surface area contributed by atoms with Crippen LogP contribution in [0, 0.1) is 0 Å². The molecule has 0 fully saturated rings. The van der Waals surface area contributed by atoms with Crippen LogP contribution in [0.4, 0.5) is 5.69 Å². The number of aromatic amines is 1. The number of nitrogens with one attached hydrogen (secondary N) is 2. The number of benzene rings is 1. The van der Waals surface area contributed by atoms with Crippen molar-refractivity contribution in [1.29, 1.82) is 0 Å². The Morgan fingerprint density at radius 2 is 2.14 bits per heavy atom. The number of aliphatic hydroxyl groups is 1. The summed E-state index contributed by atoms with van der Waals surface area (Å²) in [5.74, 6) is -0.394. The van der Waals surface area contributed by atoms with Gasteiger partial charge in [0, 0.05) is 0 Å². The predicted molar refractivity (Wildman–Crippen MR) is 80.7 cm³/mol. The van der Waals surface area contributed by atoms with Gasteiger partial charge in [-0.1, -0.05) is 43.7 Å². The Balaban J connectivity index is 2.13. The lowest BCUT2D eigenvalue weighted by atomic mass is 10.1. The molecule has 1 amide bonds. The number of aliphatic hydroxyl groups excluding tert-OH is 1. The van der Waals surface area contributed by atoms with Crippen LogP contribution >= 0.6 is 0 Å². The van der Waals surface area contributed by atoms with E-state index in [4.69, 9.17) is 5.73 Å². The third kappa shape index (κ3) is 3.41. The number of hydrogen-bond acceptors (Lipinski definition) is 4. The molecule has 0 bridgehead atoms. The molecule has 0 spiro atoms. The third-order valence-electron chi connectivity index (χ3n) is 3.29. The first-order chi connectivity index (χ1) is 10.2.